The largest absolute Gasteiger partial charge is 0.342 e. The van der Waals surface area contributed by atoms with E-state index in [9.17, 15) is 4.79 Å². The van der Waals surface area contributed by atoms with Gasteiger partial charge in [-0.1, -0.05) is 73.5 Å². The van der Waals surface area contributed by atoms with Crippen LogP contribution in [0.4, 0.5) is 0 Å². The molecule has 2 aromatic rings. The van der Waals surface area contributed by atoms with Crippen molar-refractivity contribution in [3.05, 3.63) is 71.8 Å². The second-order valence-corrected chi connectivity index (χ2v) is 9.73. The van der Waals surface area contributed by atoms with E-state index in [1.54, 1.807) is 0 Å². The molecule has 0 bridgehead atoms. The van der Waals surface area contributed by atoms with Crippen molar-refractivity contribution >= 4 is 5.91 Å². The van der Waals surface area contributed by atoms with E-state index in [2.05, 4.69) is 70.9 Å². The molecule has 30 heavy (non-hydrogen) atoms. The van der Waals surface area contributed by atoms with Gasteiger partial charge in [-0.3, -0.25) is 4.79 Å². The van der Waals surface area contributed by atoms with Gasteiger partial charge in [0, 0.05) is 25.6 Å². The summed E-state index contributed by atoms with van der Waals surface area (Å²) in [7, 11) is 0. The molecule has 3 heteroatoms. The molecule has 5 rings (SSSR count). The average Bonchev–Trinajstić information content (AvgIpc) is 3.32. The first-order valence-corrected chi connectivity index (χ1v) is 11.8. The first kappa shape index (κ1) is 19.8. The Labute approximate surface area is 180 Å². The lowest BCUT2D eigenvalue weighted by atomic mass is 9.62. The molecule has 1 spiro atoms. The lowest BCUT2D eigenvalue weighted by Gasteiger charge is -2.50. The van der Waals surface area contributed by atoms with Crippen LogP contribution in [0.1, 0.15) is 62.0 Å². The summed E-state index contributed by atoms with van der Waals surface area (Å²) in [5, 5.41) is 3.63. The Hall–Kier alpha value is -2.13. The van der Waals surface area contributed by atoms with Gasteiger partial charge < -0.3 is 10.2 Å². The van der Waals surface area contributed by atoms with Gasteiger partial charge >= 0.3 is 0 Å². The van der Waals surface area contributed by atoms with E-state index in [-0.39, 0.29) is 5.41 Å². The number of carbonyl (C=O) groups is 1. The normalized spacial score (nSPS) is 25.3. The van der Waals surface area contributed by atoms with E-state index >= 15 is 0 Å². The fourth-order valence-electron chi connectivity index (χ4n) is 6.55. The summed E-state index contributed by atoms with van der Waals surface area (Å²) < 4.78 is 0. The maximum absolute atomic E-state index is 13.9. The molecule has 2 saturated heterocycles. The molecule has 2 heterocycles. The number of amides is 1. The lowest BCUT2D eigenvalue weighted by Crippen LogP contribution is -2.54. The smallest absolute Gasteiger partial charge is 0.233 e. The molecule has 158 valence electrons. The van der Waals surface area contributed by atoms with Gasteiger partial charge in [-0.2, -0.15) is 0 Å². The summed E-state index contributed by atoms with van der Waals surface area (Å²) in [6.45, 7) is 3.99. The number of piperidine rings is 2. The zero-order chi connectivity index (χ0) is 20.4. The molecule has 0 radical (unpaired) electrons. The van der Waals surface area contributed by atoms with Gasteiger partial charge in [0.15, 0.2) is 0 Å². The summed E-state index contributed by atoms with van der Waals surface area (Å²) >= 11 is 0. The number of hydrogen-bond donors (Lipinski definition) is 1. The fraction of sp³-hybridized carbons (Fsp3) is 0.519. The highest BCUT2D eigenvalue weighted by Crippen LogP contribution is 2.50. The van der Waals surface area contributed by atoms with Gasteiger partial charge in [0.25, 0.3) is 0 Å². The molecule has 2 aromatic carbocycles. The number of hydrogen-bond acceptors (Lipinski definition) is 2. The van der Waals surface area contributed by atoms with Crippen LogP contribution in [0.15, 0.2) is 60.7 Å². The first-order valence-electron chi connectivity index (χ1n) is 11.8. The van der Waals surface area contributed by atoms with Crippen molar-refractivity contribution in [1.29, 1.82) is 0 Å². The minimum Gasteiger partial charge on any atom is -0.342 e. The van der Waals surface area contributed by atoms with Crippen LogP contribution in [0, 0.1) is 5.41 Å². The highest BCUT2D eigenvalue weighted by atomic mass is 16.2. The molecular weight excluding hydrogens is 368 g/mol. The van der Waals surface area contributed by atoms with Crippen LogP contribution in [0.3, 0.4) is 0 Å². The van der Waals surface area contributed by atoms with Gasteiger partial charge in [0.05, 0.1) is 5.41 Å². The second-order valence-electron chi connectivity index (χ2n) is 9.73. The Kier molecular flexibility index (Phi) is 5.41. The van der Waals surface area contributed by atoms with Crippen LogP contribution >= 0.6 is 0 Å². The number of benzene rings is 2. The van der Waals surface area contributed by atoms with Crippen molar-refractivity contribution < 1.29 is 4.79 Å². The van der Waals surface area contributed by atoms with Crippen LogP contribution in [0.2, 0.25) is 0 Å². The second kappa shape index (κ2) is 8.19. The van der Waals surface area contributed by atoms with Gasteiger partial charge in [0.2, 0.25) is 5.91 Å². The topological polar surface area (TPSA) is 32.3 Å². The maximum atomic E-state index is 13.9. The molecule has 1 saturated carbocycles. The summed E-state index contributed by atoms with van der Waals surface area (Å²) in [6.07, 6.45) is 7.83. The summed E-state index contributed by atoms with van der Waals surface area (Å²) in [5.74, 6) is 0.950. The van der Waals surface area contributed by atoms with Gasteiger partial charge in [-0.25, -0.2) is 0 Å². The van der Waals surface area contributed by atoms with Crippen LogP contribution in [-0.2, 0) is 10.2 Å². The monoisotopic (exact) mass is 402 g/mol. The van der Waals surface area contributed by atoms with Crippen LogP contribution in [0.25, 0.3) is 0 Å². The van der Waals surface area contributed by atoms with Crippen LogP contribution in [0.5, 0.6) is 0 Å². The molecule has 1 N–H and O–H groups in total. The molecule has 3 aliphatic rings. The minimum absolute atomic E-state index is 0.279. The molecule has 3 nitrogen and oxygen atoms in total. The van der Waals surface area contributed by atoms with Crippen molar-refractivity contribution in [2.45, 2.75) is 56.3 Å². The predicted molar refractivity (Wildman–Crippen MR) is 122 cm³/mol. The SMILES string of the molecule is O=C(N1CCC2(CCNCC2c2ccccc2)CC1)C1(c2ccccc2)CCCC1. The maximum Gasteiger partial charge on any atom is 0.233 e. The quantitative estimate of drug-likeness (QED) is 0.793. The molecule has 1 aliphatic carbocycles. The molecular formula is C27H34N2O. The van der Waals surface area contributed by atoms with E-state index in [0.717, 1.165) is 51.9 Å². The zero-order valence-electron chi connectivity index (χ0n) is 18.0. The van der Waals surface area contributed by atoms with Crippen molar-refractivity contribution in [2.75, 3.05) is 26.2 Å². The third kappa shape index (κ3) is 3.37. The first-order chi connectivity index (χ1) is 14.7. The number of rotatable bonds is 3. The number of carbonyl (C=O) groups excluding carboxylic acids is 1. The summed E-state index contributed by atoms with van der Waals surface area (Å²) in [5.41, 5.74) is 2.75. The van der Waals surface area contributed by atoms with Crippen molar-refractivity contribution in [3.8, 4) is 0 Å². The summed E-state index contributed by atoms with van der Waals surface area (Å²) in [6, 6.07) is 21.6. The molecule has 3 fully saturated rings. The Morgan fingerprint density at radius 1 is 0.833 bits per heavy atom. The molecule has 0 aromatic heterocycles. The van der Waals surface area contributed by atoms with Gasteiger partial charge in [-0.05, 0) is 55.2 Å². The van der Waals surface area contributed by atoms with E-state index in [4.69, 9.17) is 0 Å². The van der Waals surface area contributed by atoms with Crippen molar-refractivity contribution in [3.63, 3.8) is 0 Å². The van der Waals surface area contributed by atoms with Gasteiger partial charge in [0.1, 0.15) is 0 Å². The van der Waals surface area contributed by atoms with E-state index in [1.165, 1.54) is 30.4 Å². The Bertz CT molecular complexity index is 849. The third-order valence-electron chi connectivity index (χ3n) is 8.33. The molecule has 1 unspecified atom stereocenters. The Morgan fingerprint density at radius 2 is 1.47 bits per heavy atom. The minimum atomic E-state index is -0.279. The predicted octanol–water partition coefficient (Wildman–Crippen LogP) is 4.88. The fourth-order valence-corrected chi connectivity index (χ4v) is 6.55. The van der Waals surface area contributed by atoms with Crippen molar-refractivity contribution in [2.24, 2.45) is 5.41 Å². The van der Waals surface area contributed by atoms with E-state index in [0.29, 0.717) is 17.2 Å². The average molecular weight is 403 g/mol. The molecule has 1 atom stereocenters. The van der Waals surface area contributed by atoms with Crippen LogP contribution in [-0.4, -0.2) is 37.0 Å². The van der Waals surface area contributed by atoms with E-state index < -0.39 is 0 Å². The lowest BCUT2D eigenvalue weighted by molar-refractivity contribution is -0.140. The number of likely N-dealkylation sites (tertiary alicyclic amines) is 1. The molecule has 1 amide bonds. The van der Waals surface area contributed by atoms with Crippen molar-refractivity contribution in [1.82, 2.24) is 10.2 Å². The standard InChI is InChI=1S/C27H34N2O/c30-25(27(13-7-8-14-27)23-11-5-2-6-12-23)29-19-16-26(17-20-29)15-18-28-21-24(26)22-9-3-1-4-10-22/h1-6,9-12,24,28H,7-8,13-21H2. The van der Waals surface area contributed by atoms with E-state index in [1.807, 2.05) is 0 Å². The van der Waals surface area contributed by atoms with Gasteiger partial charge in [-0.15, -0.1) is 0 Å². The molecule has 2 aliphatic heterocycles. The van der Waals surface area contributed by atoms with Crippen LogP contribution < -0.4 is 5.32 Å². The zero-order valence-corrected chi connectivity index (χ0v) is 18.0. The Morgan fingerprint density at radius 3 is 2.13 bits per heavy atom. The highest BCUT2D eigenvalue weighted by molar-refractivity contribution is 5.88. The summed E-state index contributed by atoms with van der Waals surface area (Å²) in [4.78, 5) is 16.1. The highest BCUT2D eigenvalue weighted by Gasteiger charge is 2.49. The Balaban J connectivity index is 1.35. The number of nitrogens with zero attached hydrogens (tertiary/aromatic N) is 1. The number of nitrogens with one attached hydrogen (secondary N) is 1. The third-order valence-corrected chi connectivity index (χ3v) is 8.33.